The summed E-state index contributed by atoms with van der Waals surface area (Å²) in [5.74, 6) is -0.857. The van der Waals surface area contributed by atoms with Gasteiger partial charge < -0.3 is 19.7 Å². The molecule has 1 aromatic heterocycles. The number of aliphatic hydroxyl groups is 1. The van der Waals surface area contributed by atoms with Crippen LogP contribution in [0.25, 0.3) is 16.7 Å². The van der Waals surface area contributed by atoms with Crippen LogP contribution in [0.2, 0.25) is 0 Å². The standard InChI is InChI=1S/C24H24N2O4/c1-3-12-26-21(18-14-25-19-11-6-5-10-17(18)19)20(23(28)24(26)29)22(27)15-8-7-9-16(13-15)30-4-2/h5-11,13-14,21,25,27H,3-4,12H2,1-2H3/b22-20+. The maximum Gasteiger partial charge on any atom is 0.295 e. The van der Waals surface area contributed by atoms with E-state index in [4.69, 9.17) is 4.74 Å². The first-order chi connectivity index (χ1) is 14.6. The summed E-state index contributed by atoms with van der Waals surface area (Å²) in [5.41, 5.74) is 2.25. The van der Waals surface area contributed by atoms with Crippen molar-refractivity contribution < 1.29 is 19.4 Å². The van der Waals surface area contributed by atoms with Crippen LogP contribution in [0, 0.1) is 0 Å². The van der Waals surface area contributed by atoms with E-state index in [1.54, 1.807) is 29.2 Å². The first-order valence-electron chi connectivity index (χ1n) is 10.1. The van der Waals surface area contributed by atoms with Gasteiger partial charge in [-0.25, -0.2) is 0 Å². The summed E-state index contributed by atoms with van der Waals surface area (Å²) < 4.78 is 5.52. The maximum absolute atomic E-state index is 13.0. The molecule has 154 valence electrons. The molecule has 6 heteroatoms. The van der Waals surface area contributed by atoms with Crippen LogP contribution in [0.5, 0.6) is 5.75 Å². The topological polar surface area (TPSA) is 82.6 Å². The smallest absolute Gasteiger partial charge is 0.295 e. The number of carbonyl (C=O) groups is 2. The number of ketones is 1. The zero-order chi connectivity index (χ0) is 21.3. The van der Waals surface area contributed by atoms with Gasteiger partial charge >= 0.3 is 0 Å². The molecule has 2 heterocycles. The summed E-state index contributed by atoms with van der Waals surface area (Å²) in [5, 5.41) is 12.1. The molecule has 3 aromatic rings. The van der Waals surface area contributed by atoms with E-state index in [1.807, 2.05) is 44.3 Å². The minimum Gasteiger partial charge on any atom is -0.507 e. The summed E-state index contributed by atoms with van der Waals surface area (Å²) >= 11 is 0. The second kappa shape index (κ2) is 8.06. The molecule has 6 nitrogen and oxygen atoms in total. The van der Waals surface area contributed by atoms with E-state index in [9.17, 15) is 14.7 Å². The molecule has 30 heavy (non-hydrogen) atoms. The molecule has 0 bridgehead atoms. The minimum absolute atomic E-state index is 0.104. The summed E-state index contributed by atoms with van der Waals surface area (Å²) in [6, 6.07) is 14.0. The van der Waals surface area contributed by atoms with Crippen molar-refractivity contribution in [2.45, 2.75) is 26.3 Å². The van der Waals surface area contributed by atoms with Gasteiger partial charge in [-0.2, -0.15) is 0 Å². The third-order valence-corrected chi connectivity index (χ3v) is 5.34. The fourth-order valence-corrected chi connectivity index (χ4v) is 4.05. The number of aromatic nitrogens is 1. The molecule has 1 atom stereocenters. The zero-order valence-electron chi connectivity index (χ0n) is 17.0. The van der Waals surface area contributed by atoms with E-state index in [0.29, 0.717) is 30.9 Å². The van der Waals surface area contributed by atoms with Gasteiger partial charge in [0.25, 0.3) is 11.7 Å². The van der Waals surface area contributed by atoms with Gasteiger partial charge in [-0.3, -0.25) is 9.59 Å². The van der Waals surface area contributed by atoms with Gasteiger partial charge in [0.05, 0.1) is 18.2 Å². The largest absolute Gasteiger partial charge is 0.507 e. The number of hydrogen-bond donors (Lipinski definition) is 2. The molecular formula is C24H24N2O4. The molecule has 0 saturated carbocycles. The second-order valence-electron chi connectivity index (χ2n) is 7.24. The monoisotopic (exact) mass is 404 g/mol. The normalized spacial score (nSPS) is 18.3. The number of benzene rings is 2. The van der Waals surface area contributed by atoms with Crippen molar-refractivity contribution in [1.29, 1.82) is 0 Å². The number of nitrogens with one attached hydrogen (secondary N) is 1. The molecule has 1 amide bonds. The number of H-pyrrole nitrogens is 1. The Morgan fingerprint density at radius 1 is 1.13 bits per heavy atom. The average Bonchev–Trinajstić information content (AvgIpc) is 3.28. The average molecular weight is 404 g/mol. The van der Waals surface area contributed by atoms with E-state index in [-0.39, 0.29) is 11.3 Å². The first-order valence-corrected chi connectivity index (χ1v) is 10.1. The van der Waals surface area contributed by atoms with E-state index in [0.717, 1.165) is 16.5 Å². The molecule has 1 saturated heterocycles. The molecule has 4 rings (SSSR count). The fourth-order valence-electron chi connectivity index (χ4n) is 4.05. The van der Waals surface area contributed by atoms with Crippen LogP contribution in [0.4, 0.5) is 0 Å². The molecule has 0 spiro atoms. The van der Waals surface area contributed by atoms with Gasteiger partial charge in [-0.1, -0.05) is 37.3 Å². The Labute approximate surface area is 174 Å². The van der Waals surface area contributed by atoms with E-state index < -0.39 is 17.7 Å². The molecule has 0 aliphatic carbocycles. The van der Waals surface area contributed by atoms with Crippen LogP contribution >= 0.6 is 0 Å². The van der Waals surface area contributed by atoms with Crippen LogP contribution in [-0.4, -0.2) is 39.8 Å². The second-order valence-corrected chi connectivity index (χ2v) is 7.24. The first kappa shape index (κ1) is 19.8. The molecular weight excluding hydrogens is 380 g/mol. The van der Waals surface area contributed by atoms with Crippen molar-refractivity contribution in [2.24, 2.45) is 0 Å². The van der Waals surface area contributed by atoms with Crippen molar-refractivity contribution in [3.8, 4) is 5.75 Å². The molecule has 2 aromatic carbocycles. The highest BCUT2D eigenvalue weighted by atomic mass is 16.5. The Morgan fingerprint density at radius 3 is 2.70 bits per heavy atom. The van der Waals surface area contributed by atoms with Crippen molar-refractivity contribution in [1.82, 2.24) is 9.88 Å². The van der Waals surface area contributed by atoms with Gasteiger partial charge in [-0.05, 0) is 31.5 Å². The van der Waals surface area contributed by atoms with E-state index in [1.165, 1.54) is 0 Å². The third-order valence-electron chi connectivity index (χ3n) is 5.34. The number of fused-ring (bicyclic) bond motifs is 1. The van der Waals surface area contributed by atoms with Crippen molar-refractivity contribution >= 4 is 28.4 Å². The molecule has 0 radical (unpaired) electrons. The predicted molar refractivity (Wildman–Crippen MR) is 115 cm³/mol. The number of likely N-dealkylation sites (tertiary alicyclic amines) is 1. The summed E-state index contributed by atoms with van der Waals surface area (Å²) in [6.07, 6.45) is 2.51. The quantitative estimate of drug-likeness (QED) is 0.362. The van der Waals surface area contributed by atoms with Crippen LogP contribution in [0.3, 0.4) is 0 Å². The lowest BCUT2D eigenvalue weighted by Gasteiger charge is -2.24. The van der Waals surface area contributed by atoms with Gasteiger partial charge in [0.15, 0.2) is 0 Å². The highest BCUT2D eigenvalue weighted by Gasteiger charge is 2.46. The van der Waals surface area contributed by atoms with Gasteiger partial charge in [0, 0.05) is 34.8 Å². The number of rotatable bonds is 6. The van der Waals surface area contributed by atoms with Gasteiger partial charge in [0.1, 0.15) is 11.5 Å². The number of ether oxygens (including phenoxy) is 1. The lowest BCUT2D eigenvalue weighted by atomic mass is 9.95. The lowest BCUT2D eigenvalue weighted by Crippen LogP contribution is -2.30. The molecule has 1 aliphatic heterocycles. The van der Waals surface area contributed by atoms with Crippen molar-refractivity contribution in [3.05, 3.63) is 71.4 Å². The Hall–Kier alpha value is -3.54. The van der Waals surface area contributed by atoms with Crippen LogP contribution in [0.15, 0.2) is 60.3 Å². The highest BCUT2D eigenvalue weighted by Crippen LogP contribution is 2.42. The minimum atomic E-state index is -0.668. The number of amides is 1. The van der Waals surface area contributed by atoms with E-state index >= 15 is 0 Å². The number of Topliss-reactive ketones (excluding diaryl/α,β-unsaturated/α-hetero) is 1. The fraction of sp³-hybridized carbons (Fsp3) is 0.250. The Balaban J connectivity index is 1.91. The number of para-hydroxylation sites is 1. The van der Waals surface area contributed by atoms with Crippen LogP contribution < -0.4 is 4.74 Å². The Morgan fingerprint density at radius 2 is 1.93 bits per heavy atom. The Kier molecular flexibility index (Phi) is 5.31. The predicted octanol–water partition coefficient (Wildman–Crippen LogP) is 4.40. The summed E-state index contributed by atoms with van der Waals surface area (Å²) in [6.45, 7) is 4.74. The van der Waals surface area contributed by atoms with Crippen LogP contribution in [-0.2, 0) is 9.59 Å². The van der Waals surface area contributed by atoms with Gasteiger partial charge in [-0.15, -0.1) is 0 Å². The van der Waals surface area contributed by atoms with Crippen LogP contribution in [0.1, 0.15) is 37.4 Å². The number of aromatic amines is 1. The van der Waals surface area contributed by atoms with E-state index in [2.05, 4.69) is 4.98 Å². The van der Waals surface area contributed by atoms with Crippen molar-refractivity contribution in [3.63, 3.8) is 0 Å². The summed E-state index contributed by atoms with van der Waals surface area (Å²) in [4.78, 5) is 30.6. The number of carbonyl (C=O) groups excluding carboxylic acids is 2. The SMILES string of the molecule is CCCN1C(=O)C(=O)/C(=C(/O)c2cccc(OCC)c2)C1c1c[nH]c2ccccc12. The molecule has 2 N–H and O–H groups in total. The maximum atomic E-state index is 13.0. The molecule has 1 fully saturated rings. The zero-order valence-corrected chi connectivity index (χ0v) is 17.0. The number of nitrogens with zero attached hydrogens (tertiary/aromatic N) is 1. The molecule has 1 unspecified atom stereocenters. The number of hydrogen-bond acceptors (Lipinski definition) is 4. The Bertz CT molecular complexity index is 1140. The van der Waals surface area contributed by atoms with Crippen molar-refractivity contribution in [2.75, 3.05) is 13.2 Å². The summed E-state index contributed by atoms with van der Waals surface area (Å²) in [7, 11) is 0. The molecule has 1 aliphatic rings. The lowest BCUT2D eigenvalue weighted by molar-refractivity contribution is -0.139. The van der Waals surface area contributed by atoms with Gasteiger partial charge in [0.2, 0.25) is 0 Å². The number of aliphatic hydroxyl groups excluding tert-OH is 1. The third kappa shape index (κ3) is 3.24. The highest BCUT2D eigenvalue weighted by molar-refractivity contribution is 6.46.